The molecule has 3 N–H and O–H groups in total. The van der Waals surface area contributed by atoms with E-state index in [1.165, 1.54) is 13.8 Å². The molecule has 1 rings (SSSR count). The predicted octanol–water partition coefficient (Wildman–Crippen LogP) is 1.34. The molecule has 0 aliphatic rings. The fraction of sp³-hybridized carbons (Fsp3) is 0.500. The maximum atomic E-state index is 12.1. The number of sulfone groups is 1. The van der Waals surface area contributed by atoms with E-state index in [4.69, 9.17) is 5.73 Å². The van der Waals surface area contributed by atoms with Crippen LogP contribution in [0.4, 0.5) is 5.69 Å². The van der Waals surface area contributed by atoms with Gasteiger partial charge in [-0.3, -0.25) is 4.79 Å². The summed E-state index contributed by atoms with van der Waals surface area (Å²) in [6, 6.07) is 7.36. The number of aryl methyl sites for hydroxylation is 1. The van der Waals surface area contributed by atoms with Crippen molar-refractivity contribution in [2.45, 2.75) is 31.4 Å². The van der Waals surface area contributed by atoms with Crippen LogP contribution >= 0.6 is 0 Å². The lowest BCUT2D eigenvalue weighted by atomic mass is 10.1. The predicted molar refractivity (Wildman–Crippen MR) is 81.4 cm³/mol. The third-order valence-corrected chi connectivity index (χ3v) is 5.37. The van der Waals surface area contributed by atoms with Crippen LogP contribution in [0.2, 0.25) is 0 Å². The lowest BCUT2D eigenvalue weighted by Gasteiger charge is -2.21. The zero-order valence-electron chi connectivity index (χ0n) is 12.1. The van der Waals surface area contributed by atoms with Gasteiger partial charge in [0.1, 0.15) is 4.75 Å². The largest absolute Gasteiger partial charge is 0.330 e. The Kier molecular flexibility index (Phi) is 5.30. The molecule has 1 aromatic rings. The van der Waals surface area contributed by atoms with Crippen LogP contribution in [0.15, 0.2) is 24.3 Å². The Bertz CT molecular complexity index is 580. The van der Waals surface area contributed by atoms with Crippen molar-refractivity contribution in [3.8, 4) is 0 Å². The number of hydrogen-bond acceptors (Lipinski definition) is 4. The molecule has 1 amide bonds. The molecule has 0 fully saturated rings. The van der Waals surface area contributed by atoms with Crippen LogP contribution in [0.1, 0.15) is 25.8 Å². The Morgan fingerprint density at radius 3 is 2.55 bits per heavy atom. The average Bonchev–Trinajstić information content (AvgIpc) is 2.35. The van der Waals surface area contributed by atoms with Crippen LogP contribution in [0.5, 0.6) is 0 Å². The fourth-order valence-electron chi connectivity index (χ4n) is 1.56. The summed E-state index contributed by atoms with van der Waals surface area (Å²) in [7, 11) is -3.47. The van der Waals surface area contributed by atoms with Crippen molar-refractivity contribution in [1.29, 1.82) is 0 Å². The second-order valence-corrected chi connectivity index (χ2v) is 7.89. The van der Waals surface area contributed by atoms with Crippen molar-refractivity contribution in [2.24, 2.45) is 5.73 Å². The van der Waals surface area contributed by atoms with Gasteiger partial charge in [0, 0.05) is 11.9 Å². The van der Waals surface area contributed by atoms with Crippen LogP contribution in [-0.4, -0.2) is 31.9 Å². The first-order valence-corrected chi connectivity index (χ1v) is 8.37. The lowest BCUT2D eigenvalue weighted by Crippen LogP contribution is -2.43. The molecule has 6 heteroatoms. The summed E-state index contributed by atoms with van der Waals surface area (Å²) in [5, 5.41) is 2.66. The van der Waals surface area contributed by atoms with E-state index in [2.05, 4.69) is 5.32 Å². The van der Waals surface area contributed by atoms with Crippen LogP contribution in [0.3, 0.4) is 0 Å². The van der Waals surface area contributed by atoms with Crippen molar-refractivity contribution in [1.82, 2.24) is 0 Å². The summed E-state index contributed by atoms with van der Waals surface area (Å²) in [5.41, 5.74) is 7.12. The highest BCUT2D eigenvalue weighted by Crippen LogP contribution is 2.19. The Labute approximate surface area is 120 Å². The number of nitrogens with two attached hydrogens (primary N) is 1. The molecule has 5 nitrogen and oxygen atoms in total. The molecule has 112 valence electrons. The molecule has 0 saturated heterocycles. The van der Waals surface area contributed by atoms with Crippen molar-refractivity contribution < 1.29 is 13.2 Å². The van der Waals surface area contributed by atoms with E-state index < -0.39 is 20.5 Å². The number of rotatable bonds is 6. The summed E-state index contributed by atoms with van der Waals surface area (Å²) >= 11 is 0. The van der Waals surface area contributed by atoms with Gasteiger partial charge in [-0.25, -0.2) is 8.42 Å². The van der Waals surface area contributed by atoms with E-state index in [0.717, 1.165) is 24.7 Å². The second-order valence-electron chi connectivity index (χ2n) is 5.33. The van der Waals surface area contributed by atoms with Gasteiger partial charge in [0.25, 0.3) is 0 Å². The summed E-state index contributed by atoms with van der Waals surface area (Å²) < 4.78 is 21.8. The molecule has 0 heterocycles. The van der Waals surface area contributed by atoms with E-state index in [0.29, 0.717) is 12.2 Å². The van der Waals surface area contributed by atoms with Gasteiger partial charge in [0.05, 0.1) is 0 Å². The summed E-state index contributed by atoms with van der Waals surface area (Å²) in [6.45, 7) is 3.41. The quantitative estimate of drug-likeness (QED) is 0.829. The first-order valence-electron chi connectivity index (χ1n) is 6.48. The first-order chi connectivity index (χ1) is 9.18. The van der Waals surface area contributed by atoms with E-state index in [1.807, 2.05) is 18.2 Å². The maximum absolute atomic E-state index is 12.1. The zero-order chi connectivity index (χ0) is 15.4. The van der Waals surface area contributed by atoms with Gasteiger partial charge in [0.15, 0.2) is 9.84 Å². The normalized spacial score (nSPS) is 12.2. The number of hydrogen-bond donors (Lipinski definition) is 2. The van der Waals surface area contributed by atoms with Gasteiger partial charge >= 0.3 is 0 Å². The van der Waals surface area contributed by atoms with Crippen LogP contribution in [0, 0.1) is 0 Å². The number of nitrogens with one attached hydrogen (secondary N) is 1. The summed E-state index contributed by atoms with van der Waals surface area (Å²) in [5.74, 6) is -0.532. The van der Waals surface area contributed by atoms with Crippen LogP contribution in [-0.2, 0) is 21.1 Å². The third kappa shape index (κ3) is 4.05. The zero-order valence-corrected chi connectivity index (χ0v) is 13.0. The fourth-order valence-corrected chi connectivity index (χ4v) is 1.95. The number of anilines is 1. The van der Waals surface area contributed by atoms with Gasteiger partial charge in [-0.15, -0.1) is 0 Å². The first kappa shape index (κ1) is 16.7. The molecule has 0 unspecified atom stereocenters. The number of carbonyl (C=O) groups excluding carboxylic acids is 1. The van der Waals surface area contributed by atoms with Gasteiger partial charge < -0.3 is 11.1 Å². The molecule has 0 aromatic heterocycles. The number of amides is 1. The Morgan fingerprint density at radius 2 is 2.00 bits per heavy atom. The minimum absolute atomic E-state index is 0.532. The van der Waals surface area contributed by atoms with Crippen LogP contribution < -0.4 is 11.1 Å². The van der Waals surface area contributed by atoms with Crippen molar-refractivity contribution in [3.63, 3.8) is 0 Å². The van der Waals surface area contributed by atoms with E-state index in [-0.39, 0.29) is 0 Å². The molecular weight excluding hydrogens is 276 g/mol. The molecule has 20 heavy (non-hydrogen) atoms. The van der Waals surface area contributed by atoms with E-state index >= 15 is 0 Å². The van der Waals surface area contributed by atoms with Crippen molar-refractivity contribution in [2.75, 3.05) is 18.1 Å². The average molecular weight is 298 g/mol. The Balaban J connectivity index is 2.86. The van der Waals surface area contributed by atoms with Gasteiger partial charge in [0.2, 0.25) is 5.91 Å². The molecule has 0 spiro atoms. The molecule has 1 aromatic carbocycles. The van der Waals surface area contributed by atoms with Crippen LogP contribution in [0.25, 0.3) is 0 Å². The van der Waals surface area contributed by atoms with Crippen molar-refractivity contribution >= 4 is 21.4 Å². The number of carbonyl (C=O) groups is 1. The number of benzene rings is 1. The molecule has 0 aliphatic carbocycles. The highest BCUT2D eigenvalue weighted by atomic mass is 32.2. The second kappa shape index (κ2) is 6.37. The maximum Gasteiger partial charge on any atom is 0.245 e. The molecule has 0 atom stereocenters. The summed E-state index contributed by atoms with van der Waals surface area (Å²) in [6.07, 6.45) is 2.76. The van der Waals surface area contributed by atoms with Gasteiger partial charge in [-0.1, -0.05) is 12.1 Å². The highest BCUT2D eigenvalue weighted by molar-refractivity contribution is 7.92. The third-order valence-electron chi connectivity index (χ3n) is 3.33. The van der Waals surface area contributed by atoms with Gasteiger partial charge in [-0.2, -0.15) is 0 Å². The van der Waals surface area contributed by atoms with E-state index in [1.54, 1.807) is 6.07 Å². The summed E-state index contributed by atoms with van der Waals surface area (Å²) in [4.78, 5) is 12.1. The highest BCUT2D eigenvalue weighted by Gasteiger charge is 2.38. The molecule has 0 aliphatic heterocycles. The SMILES string of the molecule is CC(C)(C(=O)Nc1cccc(CCCN)c1)S(C)(=O)=O. The van der Waals surface area contributed by atoms with Crippen molar-refractivity contribution in [3.05, 3.63) is 29.8 Å². The monoisotopic (exact) mass is 298 g/mol. The molecule has 0 saturated carbocycles. The molecular formula is C14H22N2O3S. The van der Waals surface area contributed by atoms with Gasteiger partial charge in [-0.05, 0) is 50.9 Å². The lowest BCUT2D eigenvalue weighted by molar-refractivity contribution is -0.117. The van der Waals surface area contributed by atoms with E-state index in [9.17, 15) is 13.2 Å². The Hall–Kier alpha value is -1.40. The Morgan fingerprint density at radius 1 is 1.35 bits per heavy atom. The standard InChI is InChI=1S/C14H22N2O3S/c1-14(2,20(3,18)19)13(17)16-12-8-4-6-11(10-12)7-5-9-15/h4,6,8,10H,5,7,9,15H2,1-3H3,(H,16,17). The minimum atomic E-state index is -3.47. The minimum Gasteiger partial charge on any atom is -0.330 e. The topological polar surface area (TPSA) is 89.3 Å². The smallest absolute Gasteiger partial charge is 0.245 e. The molecule has 0 bridgehead atoms. The molecule has 0 radical (unpaired) electrons.